The molecule has 0 amide bonds. The smallest absolute Gasteiger partial charge is 0.0714 e. The number of hydrogen-bond donors (Lipinski definition) is 0. The van der Waals surface area contributed by atoms with Crippen LogP contribution in [0.15, 0.2) is 315 Å². The third kappa shape index (κ3) is 8.30. The number of rotatable bonds is 11. The summed E-state index contributed by atoms with van der Waals surface area (Å²) < 4.78 is 0. The lowest BCUT2D eigenvalue weighted by atomic mass is 9.67. The molecule has 0 spiro atoms. The predicted octanol–water partition coefficient (Wildman–Crippen LogP) is 21.5. The number of fused-ring (bicyclic) bond motifs is 6. The van der Waals surface area contributed by atoms with Crippen LogP contribution in [0.25, 0.3) is 66.8 Å². The van der Waals surface area contributed by atoms with Crippen molar-refractivity contribution in [3.63, 3.8) is 0 Å². The highest BCUT2D eigenvalue weighted by Crippen LogP contribution is 2.60. The number of hydrogen-bond acceptors (Lipinski definition) is 1. The van der Waals surface area contributed by atoms with Gasteiger partial charge in [-0.3, -0.25) is 0 Å². The minimum Gasteiger partial charge on any atom is -0.311 e. The van der Waals surface area contributed by atoms with Crippen molar-refractivity contribution in [1.82, 2.24) is 0 Å². The van der Waals surface area contributed by atoms with Gasteiger partial charge in [-0.05, 0) is 193 Å². The highest BCUT2D eigenvalue weighted by molar-refractivity contribution is 5.93. The van der Waals surface area contributed by atoms with E-state index < -0.39 is 10.8 Å². The van der Waals surface area contributed by atoms with Crippen molar-refractivity contribution in [2.75, 3.05) is 4.90 Å². The largest absolute Gasteiger partial charge is 0.311 e. The van der Waals surface area contributed by atoms with E-state index in [1.54, 1.807) is 0 Å². The average molecular weight is 1070 g/mol. The van der Waals surface area contributed by atoms with Crippen molar-refractivity contribution in [2.24, 2.45) is 0 Å². The standard InChI is InChI=1S/C83H61N/c1-56-24-34-67(35-25-56)82(78-52-63(59-16-8-4-9-17-59)30-48-74(78)75-49-31-64(53-79(75)82)60-18-10-5-11-19-60)69-38-44-72(45-39-69)84(71-42-28-58(3)29-43-71)73-46-40-70(41-47-73)83(68-36-26-57(2)27-37-68)80-54-65(61-20-12-6-13-21-61)32-50-76(80)77-51-33-66(55-81(77)83)62-22-14-7-15-23-62/h4-55H,1-3H3. The fourth-order valence-corrected chi connectivity index (χ4v) is 13.9. The van der Waals surface area contributed by atoms with Gasteiger partial charge in [0, 0.05) is 17.1 Å². The van der Waals surface area contributed by atoms with E-state index in [1.807, 2.05) is 0 Å². The lowest BCUT2D eigenvalue weighted by Crippen LogP contribution is -2.29. The second kappa shape index (κ2) is 20.6. The highest BCUT2D eigenvalue weighted by Gasteiger charge is 2.48. The molecule has 2 aliphatic carbocycles. The second-order valence-corrected chi connectivity index (χ2v) is 23.0. The van der Waals surface area contributed by atoms with Crippen LogP contribution in [0.5, 0.6) is 0 Å². The highest BCUT2D eigenvalue weighted by atomic mass is 15.1. The van der Waals surface area contributed by atoms with Crippen LogP contribution in [-0.4, -0.2) is 0 Å². The maximum Gasteiger partial charge on any atom is 0.0714 e. The number of benzene rings is 13. The fourth-order valence-electron chi connectivity index (χ4n) is 13.9. The van der Waals surface area contributed by atoms with Crippen molar-refractivity contribution < 1.29 is 0 Å². The van der Waals surface area contributed by atoms with Gasteiger partial charge in [0.15, 0.2) is 0 Å². The summed E-state index contributed by atoms with van der Waals surface area (Å²) in [5.74, 6) is 0. The molecule has 13 aromatic rings. The Morgan fingerprint density at radius 3 is 0.667 bits per heavy atom. The van der Waals surface area contributed by atoms with E-state index in [-0.39, 0.29) is 0 Å². The Labute approximate surface area is 494 Å². The van der Waals surface area contributed by atoms with Crippen LogP contribution < -0.4 is 4.90 Å². The molecule has 0 fully saturated rings. The van der Waals surface area contributed by atoms with Gasteiger partial charge in [-0.2, -0.15) is 0 Å². The third-order valence-corrected chi connectivity index (χ3v) is 18.1. The second-order valence-electron chi connectivity index (χ2n) is 23.0. The molecule has 0 radical (unpaired) electrons. The van der Waals surface area contributed by atoms with Crippen LogP contribution in [0.4, 0.5) is 17.1 Å². The SMILES string of the molecule is Cc1ccc(N(c2ccc(C3(c4ccc(C)cc4)c4cc(-c5ccccc5)ccc4-c4ccc(-c5ccccc5)cc43)cc2)c2ccc(C3(c4ccc(C)cc4)c4cc(-c5ccccc5)ccc4-c4ccc(-c5ccccc5)cc43)cc2)cc1. The Bertz CT molecular complexity index is 4090. The molecule has 1 heteroatoms. The molecule has 2 aliphatic rings. The van der Waals surface area contributed by atoms with E-state index in [9.17, 15) is 0 Å². The lowest BCUT2D eigenvalue weighted by Gasteiger charge is -2.36. The van der Waals surface area contributed by atoms with Crippen LogP contribution in [0.1, 0.15) is 61.2 Å². The van der Waals surface area contributed by atoms with E-state index in [1.165, 1.54) is 128 Å². The van der Waals surface area contributed by atoms with E-state index in [0.29, 0.717) is 0 Å². The summed E-state index contributed by atoms with van der Waals surface area (Å²) in [6, 6.07) is 118. The van der Waals surface area contributed by atoms with E-state index in [0.717, 1.165) is 17.1 Å². The van der Waals surface area contributed by atoms with Gasteiger partial charge in [-0.1, -0.05) is 271 Å². The molecule has 15 rings (SSSR count). The van der Waals surface area contributed by atoms with Crippen molar-refractivity contribution >= 4 is 17.1 Å². The summed E-state index contributed by atoms with van der Waals surface area (Å²) in [6.07, 6.45) is 0. The molecule has 0 unspecified atom stereocenters. The molecule has 0 atom stereocenters. The molecular weight excluding hydrogens is 1010 g/mol. The quantitative estimate of drug-likeness (QED) is 0.125. The van der Waals surface area contributed by atoms with Crippen LogP contribution in [0.2, 0.25) is 0 Å². The number of aryl methyl sites for hydroxylation is 3. The maximum atomic E-state index is 2.47. The van der Waals surface area contributed by atoms with Gasteiger partial charge in [0.2, 0.25) is 0 Å². The van der Waals surface area contributed by atoms with Crippen LogP contribution in [0, 0.1) is 20.8 Å². The molecule has 13 aromatic carbocycles. The normalized spacial score (nSPS) is 13.1. The average Bonchev–Trinajstić information content (AvgIpc) is 2.00. The third-order valence-electron chi connectivity index (χ3n) is 18.1. The molecule has 84 heavy (non-hydrogen) atoms. The summed E-state index contributed by atoms with van der Waals surface area (Å²) in [6.45, 7) is 6.54. The van der Waals surface area contributed by atoms with Crippen molar-refractivity contribution in [2.45, 2.75) is 31.6 Å². The monoisotopic (exact) mass is 1070 g/mol. The molecule has 1 nitrogen and oxygen atoms in total. The minimum absolute atomic E-state index is 0.637. The van der Waals surface area contributed by atoms with Gasteiger partial charge in [-0.15, -0.1) is 0 Å². The summed E-state index contributed by atoms with van der Waals surface area (Å²) >= 11 is 0. The van der Waals surface area contributed by atoms with Gasteiger partial charge in [0.1, 0.15) is 0 Å². The van der Waals surface area contributed by atoms with Crippen molar-refractivity contribution in [3.8, 4) is 66.8 Å². The molecule has 0 saturated heterocycles. The maximum absolute atomic E-state index is 2.47. The molecule has 0 saturated carbocycles. The minimum atomic E-state index is -0.637. The molecule has 398 valence electrons. The zero-order valence-electron chi connectivity index (χ0n) is 47.5. The zero-order valence-corrected chi connectivity index (χ0v) is 47.5. The summed E-state index contributed by atoms with van der Waals surface area (Å²) in [7, 11) is 0. The first-order valence-corrected chi connectivity index (χ1v) is 29.4. The molecular formula is C83H61N. The number of nitrogens with zero attached hydrogens (tertiary/aromatic N) is 1. The Balaban J connectivity index is 0.919. The van der Waals surface area contributed by atoms with Crippen molar-refractivity contribution in [3.05, 3.63) is 377 Å². The van der Waals surface area contributed by atoms with Gasteiger partial charge in [-0.25, -0.2) is 0 Å². The Morgan fingerprint density at radius 1 is 0.202 bits per heavy atom. The summed E-state index contributed by atoms with van der Waals surface area (Å²) in [5, 5.41) is 0. The summed E-state index contributed by atoms with van der Waals surface area (Å²) in [5.41, 5.74) is 30.4. The molecule has 0 aliphatic heterocycles. The van der Waals surface area contributed by atoms with Crippen LogP contribution in [0.3, 0.4) is 0 Å². The first-order valence-electron chi connectivity index (χ1n) is 29.4. The molecule has 0 aromatic heterocycles. The topological polar surface area (TPSA) is 3.24 Å². The van der Waals surface area contributed by atoms with Crippen LogP contribution in [-0.2, 0) is 10.8 Å². The molecule has 0 N–H and O–H groups in total. The molecule has 0 bridgehead atoms. The first kappa shape index (κ1) is 50.6. The van der Waals surface area contributed by atoms with Crippen LogP contribution >= 0.6 is 0 Å². The van der Waals surface area contributed by atoms with E-state index in [4.69, 9.17) is 0 Å². The van der Waals surface area contributed by atoms with Gasteiger partial charge in [0.05, 0.1) is 10.8 Å². The lowest BCUT2D eigenvalue weighted by molar-refractivity contribution is 0.768. The molecule has 0 heterocycles. The van der Waals surface area contributed by atoms with Gasteiger partial charge < -0.3 is 4.90 Å². The first-order chi connectivity index (χ1) is 41.3. The van der Waals surface area contributed by atoms with Gasteiger partial charge in [0.25, 0.3) is 0 Å². The predicted molar refractivity (Wildman–Crippen MR) is 352 cm³/mol. The summed E-state index contributed by atoms with van der Waals surface area (Å²) in [4.78, 5) is 2.43. The van der Waals surface area contributed by atoms with Crippen molar-refractivity contribution in [1.29, 1.82) is 0 Å². The van der Waals surface area contributed by atoms with E-state index in [2.05, 4.69) is 341 Å². The number of anilines is 3. The Hall–Kier alpha value is -10.3. The van der Waals surface area contributed by atoms with E-state index >= 15 is 0 Å². The Morgan fingerprint density at radius 2 is 0.417 bits per heavy atom. The van der Waals surface area contributed by atoms with Gasteiger partial charge >= 0.3 is 0 Å². The fraction of sp³-hybridized carbons (Fsp3) is 0.0602. The zero-order chi connectivity index (χ0) is 56.4. The Kier molecular flexibility index (Phi) is 12.4.